The van der Waals surface area contributed by atoms with Crippen LogP contribution in [0.3, 0.4) is 0 Å². The van der Waals surface area contributed by atoms with Gasteiger partial charge in [0.1, 0.15) is 23.8 Å². The normalized spacial score (nSPS) is 26.3. The van der Waals surface area contributed by atoms with E-state index in [4.69, 9.17) is 4.74 Å². The van der Waals surface area contributed by atoms with E-state index < -0.39 is 89.8 Å². The largest absolute Gasteiger partial charge is 0.480 e. The Kier molecular flexibility index (Phi) is 18.0. The van der Waals surface area contributed by atoms with Gasteiger partial charge in [0.25, 0.3) is 5.91 Å². The van der Waals surface area contributed by atoms with Crippen LogP contribution >= 0.6 is 0 Å². The third-order valence-corrected chi connectivity index (χ3v) is 9.74. The van der Waals surface area contributed by atoms with E-state index in [2.05, 4.69) is 21.3 Å². The van der Waals surface area contributed by atoms with Gasteiger partial charge >= 0.3 is 11.9 Å². The number of carbonyl (C=O) groups is 7. The summed E-state index contributed by atoms with van der Waals surface area (Å²) in [6, 6.07) is 4.42. The van der Waals surface area contributed by atoms with E-state index in [1.807, 2.05) is 50.3 Å². The van der Waals surface area contributed by atoms with Crippen molar-refractivity contribution >= 4 is 41.5 Å². The Hall–Kier alpha value is -5.31. The quantitative estimate of drug-likeness (QED) is 0.151. The van der Waals surface area contributed by atoms with Gasteiger partial charge in [-0.25, -0.2) is 9.59 Å². The number of benzene rings is 1. The van der Waals surface area contributed by atoms with E-state index in [-0.39, 0.29) is 24.1 Å². The highest BCUT2D eigenvalue weighted by Gasteiger charge is 2.37. The molecule has 1 aromatic carbocycles. The Balaban J connectivity index is 2.57. The monoisotopic (exact) mass is 767 g/mol. The summed E-state index contributed by atoms with van der Waals surface area (Å²) < 4.78 is 5.78. The van der Waals surface area contributed by atoms with Gasteiger partial charge in [-0.3, -0.25) is 24.0 Å². The number of methoxy groups -OCH3 is 1. The van der Waals surface area contributed by atoms with Gasteiger partial charge < -0.3 is 41.1 Å². The fourth-order valence-electron chi connectivity index (χ4n) is 6.11. The highest BCUT2D eigenvalue weighted by atomic mass is 16.5. The third kappa shape index (κ3) is 13.5. The summed E-state index contributed by atoms with van der Waals surface area (Å²) in [4.78, 5) is 92.8. The number of hydrogen-bond donors (Lipinski definition) is 6. The van der Waals surface area contributed by atoms with Crippen LogP contribution in [-0.2, 0) is 44.7 Å². The molecule has 15 nitrogen and oxygen atoms in total. The van der Waals surface area contributed by atoms with E-state index in [9.17, 15) is 43.8 Å². The summed E-state index contributed by atoms with van der Waals surface area (Å²) in [5.41, 5.74) is 1.66. The molecule has 1 aliphatic rings. The van der Waals surface area contributed by atoms with E-state index in [0.717, 1.165) is 16.0 Å². The molecular formula is C40H57N5O10. The molecule has 8 atom stereocenters. The van der Waals surface area contributed by atoms with Crippen LogP contribution in [-0.4, -0.2) is 101 Å². The van der Waals surface area contributed by atoms with Crippen LogP contribution in [0.4, 0.5) is 0 Å². The molecule has 0 bridgehead atoms. The van der Waals surface area contributed by atoms with E-state index in [0.29, 0.717) is 6.42 Å². The molecule has 55 heavy (non-hydrogen) atoms. The highest BCUT2D eigenvalue weighted by Crippen LogP contribution is 2.19. The summed E-state index contributed by atoms with van der Waals surface area (Å²) in [6.45, 7) is 11.4. The second-order valence-corrected chi connectivity index (χ2v) is 14.3. The Labute approximate surface area is 323 Å². The summed E-state index contributed by atoms with van der Waals surface area (Å²) in [5.74, 6) is -9.82. The maximum absolute atomic E-state index is 13.9. The van der Waals surface area contributed by atoms with Gasteiger partial charge in [0, 0.05) is 26.5 Å². The molecule has 2 rings (SSSR count). The van der Waals surface area contributed by atoms with Crippen molar-refractivity contribution in [3.63, 3.8) is 0 Å². The number of nitrogens with zero attached hydrogens (tertiary/aromatic N) is 1. The fourth-order valence-corrected chi connectivity index (χ4v) is 6.11. The molecule has 6 N–H and O–H groups in total. The minimum Gasteiger partial charge on any atom is -0.480 e. The molecule has 1 aliphatic heterocycles. The smallest absolute Gasteiger partial charge is 0.327 e. The number of likely N-dealkylation sites (N-methyl/N-ethyl adjacent to an activating group) is 1. The number of carboxylic acids is 2. The number of rotatable bonds is 10. The van der Waals surface area contributed by atoms with Crippen LogP contribution in [0.5, 0.6) is 0 Å². The summed E-state index contributed by atoms with van der Waals surface area (Å²) in [7, 11) is 2.91. The lowest BCUT2D eigenvalue weighted by Gasteiger charge is -2.29. The SMILES string of the molecule is C/C=C1/C(=O)N[C@@H](C(=O)O)[C@H](C)C(=O)N[C@@H](C(C)C)C(=O)N[C@@H](/C=C/C(C)=C/[C@H](C)[C@H](Cc2ccccc2)OC)[C@H](C)C(=O)N[C@@H](C(=O)O)CCC(=O)N1C. The van der Waals surface area contributed by atoms with Crippen LogP contribution in [0.2, 0.25) is 0 Å². The van der Waals surface area contributed by atoms with E-state index >= 15 is 0 Å². The summed E-state index contributed by atoms with van der Waals surface area (Å²) in [6.07, 6.45) is 6.37. The van der Waals surface area contributed by atoms with Crippen molar-refractivity contribution < 1.29 is 48.5 Å². The number of carbonyl (C=O) groups excluding carboxylic acids is 5. The molecule has 5 amide bonds. The summed E-state index contributed by atoms with van der Waals surface area (Å²) >= 11 is 0. The van der Waals surface area contributed by atoms with Gasteiger partial charge in [-0.1, -0.05) is 94.8 Å². The van der Waals surface area contributed by atoms with Gasteiger partial charge in [-0.05, 0) is 38.2 Å². The zero-order valence-electron chi connectivity index (χ0n) is 33.1. The molecule has 1 aromatic rings. The van der Waals surface area contributed by atoms with Gasteiger partial charge in [0.15, 0.2) is 0 Å². The van der Waals surface area contributed by atoms with E-state index in [1.165, 1.54) is 33.9 Å². The molecule has 0 radical (unpaired) electrons. The van der Waals surface area contributed by atoms with Gasteiger partial charge in [-0.15, -0.1) is 0 Å². The molecule has 1 fully saturated rings. The number of aliphatic carboxylic acids is 2. The molecule has 1 saturated heterocycles. The topological polar surface area (TPSA) is 221 Å². The molecule has 15 heteroatoms. The number of amides is 5. The Bertz CT molecular complexity index is 1640. The average molecular weight is 768 g/mol. The number of nitrogens with one attached hydrogen (secondary N) is 4. The second-order valence-electron chi connectivity index (χ2n) is 14.3. The van der Waals surface area contributed by atoms with Crippen molar-refractivity contribution in [2.75, 3.05) is 14.2 Å². The Morgan fingerprint density at radius 2 is 1.53 bits per heavy atom. The first kappa shape index (κ1) is 45.8. The molecule has 0 saturated carbocycles. The average Bonchev–Trinajstić information content (AvgIpc) is 3.13. The second kappa shape index (κ2) is 21.5. The predicted molar refractivity (Wildman–Crippen MR) is 205 cm³/mol. The van der Waals surface area contributed by atoms with Crippen molar-refractivity contribution in [1.29, 1.82) is 0 Å². The standard InChI is InChI=1S/C40H57N5O10/c1-10-30-37(49)44-34(40(53)54)26(7)36(48)43-33(22(2)3)38(50)41-28(25(6)35(47)42-29(39(51)52)18-19-32(46)45(30)8)17-16-23(4)20-24(5)31(55-9)21-27-14-12-11-13-15-27/h10-17,20,22,24-26,28-29,31,33-34H,18-19,21H2,1-9H3,(H,41,50)(H,42,47)(H,43,48)(H,44,49)(H,51,52)(H,53,54)/b17-16+,23-20+,30-10-/t24-,25-,26-,28-,29+,31-,33-,34+/m0/s1. The minimum absolute atomic E-state index is 0.0384. The zero-order chi connectivity index (χ0) is 41.6. The molecular weight excluding hydrogens is 710 g/mol. The molecule has 0 unspecified atom stereocenters. The van der Waals surface area contributed by atoms with Crippen LogP contribution < -0.4 is 21.3 Å². The molecule has 0 spiro atoms. The molecule has 1 heterocycles. The lowest BCUT2D eigenvalue weighted by Crippen LogP contribution is -2.57. The number of allylic oxidation sites excluding steroid dienone is 3. The van der Waals surface area contributed by atoms with Gasteiger partial charge in [0.2, 0.25) is 23.6 Å². The van der Waals surface area contributed by atoms with Crippen molar-refractivity contribution in [2.45, 2.75) is 98.0 Å². The first-order valence-corrected chi connectivity index (χ1v) is 18.4. The third-order valence-electron chi connectivity index (χ3n) is 9.74. The van der Waals surface area contributed by atoms with Crippen LogP contribution in [0.1, 0.15) is 66.9 Å². The first-order chi connectivity index (χ1) is 25.8. The van der Waals surface area contributed by atoms with Crippen molar-refractivity contribution in [3.8, 4) is 0 Å². The van der Waals surface area contributed by atoms with Crippen LogP contribution in [0, 0.1) is 23.7 Å². The predicted octanol–water partition coefficient (Wildman–Crippen LogP) is 2.58. The lowest BCUT2D eigenvalue weighted by molar-refractivity contribution is -0.146. The van der Waals surface area contributed by atoms with Gasteiger partial charge in [-0.2, -0.15) is 0 Å². The van der Waals surface area contributed by atoms with Crippen molar-refractivity contribution in [3.05, 3.63) is 71.5 Å². The van der Waals surface area contributed by atoms with Crippen molar-refractivity contribution in [2.24, 2.45) is 23.7 Å². The van der Waals surface area contributed by atoms with Crippen LogP contribution in [0.25, 0.3) is 0 Å². The Morgan fingerprint density at radius 1 is 0.909 bits per heavy atom. The fraction of sp³-hybridized carbons (Fsp3) is 0.525. The number of carboxylic acid groups (broad SMARTS) is 2. The number of ether oxygens (including phenoxy) is 1. The Morgan fingerprint density at radius 3 is 2.07 bits per heavy atom. The highest BCUT2D eigenvalue weighted by molar-refractivity contribution is 6.00. The van der Waals surface area contributed by atoms with Crippen molar-refractivity contribution in [1.82, 2.24) is 26.2 Å². The molecule has 0 aromatic heterocycles. The van der Waals surface area contributed by atoms with Gasteiger partial charge in [0.05, 0.1) is 24.0 Å². The number of hydrogen-bond acceptors (Lipinski definition) is 8. The van der Waals surface area contributed by atoms with Crippen LogP contribution in [0.15, 0.2) is 65.9 Å². The maximum atomic E-state index is 13.9. The minimum atomic E-state index is -1.75. The lowest BCUT2D eigenvalue weighted by atomic mass is 9.94. The first-order valence-electron chi connectivity index (χ1n) is 18.4. The summed E-state index contributed by atoms with van der Waals surface area (Å²) in [5, 5.41) is 30.1. The molecule has 0 aliphatic carbocycles. The maximum Gasteiger partial charge on any atom is 0.327 e. The molecule has 302 valence electrons. The zero-order valence-corrected chi connectivity index (χ0v) is 33.1. The van der Waals surface area contributed by atoms with E-state index in [1.54, 1.807) is 33.1 Å².